The highest BCUT2D eigenvalue weighted by Crippen LogP contribution is 2.21. The largest absolute Gasteiger partial charge is 0.496 e. The molecule has 2 rings (SSSR count). The molecule has 0 atom stereocenters. The fraction of sp³-hybridized carbons (Fsp3) is 0.231. The van der Waals surface area contributed by atoms with Crippen LogP contribution in [0.3, 0.4) is 0 Å². The summed E-state index contributed by atoms with van der Waals surface area (Å²) in [6, 6.07) is 9.47. The summed E-state index contributed by atoms with van der Waals surface area (Å²) < 4.78 is 10.5. The Morgan fingerprint density at radius 1 is 1.29 bits per heavy atom. The Kier molecular flexibility index (Phi) is 3.67. The lowest BCUT2D eigenvalue weighted by molar-refractivity contribution is 0.406. The highest BCUT2D eigenvalue weighted by molar-refractivity contribution is 5.48. The van der Waals surface area contributed by atoms with E-state index in [9.17, 15) is 0 Å². The molecule has 0 spiro atoms. The number of rotatable bonds is 5. The fourth-order valence-electron chi connectivity index (χ4n) is 1.64. The minimum Gasteiger partial charge on any atom is -0.496 e. The van der Waals surface area contributed by atoms with Gasteiger partial charge < -0.3 is 20.2 Å². The van der Waals surface area contributed by atoms with E-state index < -0.39 is 0 Å². The number of furan rings is 1. The number of methoxy groups -OCH3 is 1. The average Bonchev–Trinajstić information content (AvgIpc) is 2.84. The van der Waals surface area contributed by atoms with Crippen molar-refractivity contribution in [1.82, 2.24) is 5.32 Å². The van der Waals surface area contributed by atoms with Crippen molar-refractivity contribution in [1.29, 1.82) is 0 Å². The first-order valence-electron chi connectivity index (χ1n) is 5.45. The van der Waals surface area contributed by atoms with Crippen LogP contribution in [0.4, 0.5) is 5.69 Å². The van der Waals surface area contributed by atoms with Crippen LogP contribution < -0.4 is 15.8 Å². The fourth-order valence-corrected chi connectivity index (χ4v) is 1.64. The van der Waals surface area contributed by atoms with Crippen LogP contribution in [0.15, 0.2) is 41.0 Å². The average molecular weight is 232 g/mol. The third-order valence-corrected chi connectivity index (χ3v) is 2.51. The van der Waals surface area contributed by atoms with E-state index in [1.807, 2.05) is 30.3 Å². The van der Waals surface area contributed by atoms with Crippen molar-refractivity contribution in [3.8, 4) is 5.75 Å². The minimum absolute atomic E-state index is 0.695. The summed E-state index contributed by atoms with van der Waals surface area (Å²) in [7, 11) is 1.64. The van der Waals surface area contributed by atoms with Gasteiger partial charge in [-0.15, -0.1) is 0 Å². The number of nitrogen functional groups attached to an aromatic ring is 1. The van der Waals surface area contributed by atoms with Gasteiger partial charge in [0.2, 0.25) is 0 Å². The molecule has 3 N–H and O–H groups in total. The molecule has 1 aromatic carbocycles. The van der Waals surface area contributed by atoms with Crippen molar-refractivity contribution in [2.24, 2.45) is 0 Å². The van der Waals surface area contributed by atoms with E-state index in [1.54, 1.807) is 13.4 Å². The Morgan fingerprint density at radius 3 is 2.88 bits per heavy atom. The Morgan fingerprint density at radius 2 is 2.18 bits per heavy atom. The molecule has 0 radical (unpaired) electrons. The molecule has 90 valence electrons. The van der Waals surface area contributed by atoms with Crippen molar-refractivity contribution >= 4 is 5.69 Å². The second-order valence-electron chi connectivity index (χ2n) is 3.75. The van der Waals surface area contributed by atoms with Crippen molar-refractivity contribution in [3.63, 3.8) is 0 Å². The van der Waals surface area contributed by atoms with Crippen molar-refractivity contribution in [3.05, 3.63) is 47.9 Å². The van der Waals surface area contributed by atoms with Crippen LogP contribution in [0.2, 0.25) is 0 Å². The number of ether oxygens (including phenoxy) is 1. The normalized spacial score (nSPS) is 10.4. The molecular formula is C13H16N2O2. The second kappa shape index (κ2) is 5.41. The number of hydrogen-bond donors (Lipinski definition) is 2. The van der Waals surface area contributed by atoms with E-state index in [0.717, 1.165) is 17.1 Å². The first-order chi connectivity index (χ1) is 8.29. The molecule has 0 aliphatic carbocycles. The molecule has 0 bridgehead atoms. The van der Waals surface area contributed by atoms with E-state index >= 15 is 0 Å². The van der Waals surface area contributed by atoms with Crippen LogP contribution in [0, 0.1) is 0 Å². The van der Waals surface area contributed by atoms with E-state index in [2.05, 4.69) is 5.32 Å². The number of nitrogens with one attached hydrogen (secondary N) is 1. The standard InChI is InChI=1S/C13H16N2O2/c1-16-13-7-11(14)5-4-10(13)8-15-9-12-3-2-6-17-12/h2-7,15H,8-9,14H2,1H3. The number of nitrogens with two attached hydrogens (primary N) is 1. The quantitative estimate of drug-likeness (QED) is 0.775. The van der Waals surface area contributed by atoms with Crippen LogP contribution in [0.1, 0.15) is 11.3 Å². The van der Waals surface area contributed by atoms with Gasteiger partial charge in [0.15, 0.2) is 0 Å². The van der Waals surface area contributed by atoms with Gasteiger partial charge in [-0.2, -0.15) is 0 Å². The summed E-state index contributed by atoms with van der Waals surface area (Å²) in [5, 5.41) is 3.28. The van der Waals surface area contributed by atoms with Crippen LogP contribution >= 0.6 is 0 Å². The van der Waals surface area contributed by atoms with Crippen LogP contribution in [-0.2, 0) is 13.1 Å². The number of anilines is 1. The number of benzene rings is 1. The summed E-state index contributed by atoms with van der Waals surface area (Å²) in [5.41, 5.74) is 7.48. The first kappa shape index (κ1) is 11.5. The van der Waals surface area contributed by atoms with Crippen molar-refractivity contribution in [2.75, 3.05) is 12.8 Å². The molecule has 0 aliphatic heterocycles. The minimum atomic E-state index is 0.695. The first-order valence-corrected chi connectivity index (χ1v) is 5.45. The molecule has 0 saturated carbocycles. The lowest BCUT2D eigenvalue weighted by atomic mass is 10.2. The van der Waals surface area contributed by atoms with E-state index in [0.29, 0.717) is 18.8 Å². The molecule has 0 aliphatic rings. The third kappa shape index (κ3) is 3.01. The summed E-state index contributed by atoms with van der Waals surface area (Å²) in [6.45, 7) is 1.41. The SMILES string of the molecule is COc1cc(N)ccc1CNCc1ccco1. The van der Waals surface area contributed by atoms with Gasteiger partial charge in [-0.25, -0.2) is 0 Å². The zero-order valence-electron chi connectivity index (χ0n) is 9.77. The van der Waals surface area contributed by atoms with Gasteiger partial charge in [-0.05, 0) is 18.2 Å². The van der Waals surface area contributed by atoms with Gasteiger partial charge in [0.25, 0.3) is 0 Å². The molecule has 0 fully saturated rings. The van der Waals surface area contributed by atoms with Crippen molar-refractivity contribution in [2.45, 2.75) is 13.1 Å². The van der Waals surface area contributed by atoms with Gasteiger partial charge >= 0.3 is 0 Å². The topological polar surface area (TPSA) is 60.4 Å². The smallest absolute Gasteiger partial charge is 0.125 e. The molecule has 0 saturated heterocycles. The van der Waals surface area contributed by atoms with Gasteiger partial charge in [-0.3, -0.25) is 0 Å². The highest BCUT2D eigenvalue weighted by atomic mass is 16.5. The zero-order valence-corrected chi connectivity index (χ0v) is 9.77. The van der Waals surface area contributed by atoms with E-state index in [-0.39, 0.29) is 0 Å². The Balaban J connectivity index is 1.94. The highest BCUT2D eigenvalue weighted by Gasteiger charge is 2.03. The van der Waals surface area contributed by atoms with Gasteiger partial charge in [0, 0.05) is 23.9 Å². The van der Waals surface area contributed by atoms with Gasteiger partial charge in [0.05, 0.1) is 19.9 Å². The lowest BCUT2D eigenvalue weighted by Crippen LogP contribution is -2.13. The van der Waals surface area contributed by atoms with E-state index in [4.69, 9.17) is 14.9 Å². The van der Waals surface area contributed by atoms with Crippen molar-refractivity contribution < 1.29 is 9.15 Å². The third-order valence-electron chi connectivity index (χ3n) is 2.51. The number of hydrogen-bond acceptors (Lipinski definition) is 4. The molecule has 17 heavy (non-hydrogen) atoms. The summed E-state index contributed by atoms with van der Waals surface area (Å²) >= 11 is 0. The molecule has 1 heterocycles. The van der Waals surface area contributed by atoms with E-state index in [1.165, 1.54) is 0 Å². The predicted molar refractivity (Wildman–Crippen MR) is 66.7 cm³/mol. The monoisotopic (exact) mass is 232 g/mol. The Hall–Kier alpha value is -1.94. The molecule has 1 aromatic heterocycles. The molecule has 0 unspecified atom stereocenters. The predicted octanol–water partition coefficient (Wildman–Crippen LogP) is 2.16. The molecule has 4 heteroatoms. The second-order valence-corrected chi connectivity index (χ2v) is 3.75. The summed E-state index contributed by atoms with van der Waals surface area (Å²) in [6.07, 6.45) is 1.67. The van der Waals surface area contributed by atoms with Crippen LogP contribution in [0.25, 0.3) is 0 Å². The zero-order chi connectivity index (χ0) is 12.1. The summed E-state index contributed by atoms with van der Waals surface area (Å²) in [4.78, 5) is 0. The van der Waals surface area contributed by atoms with Crippen LogP contribution in [0.5, 0.6) is 5.75 Å². The molecule has 2 aromatic rings. The van der Waals surface area contributed by atoms with Crippen LogP contribution in [-0.4, -0.2) is 7.11 Å². The van der Waals surface area contributed by atoms with Gasteiger partial charge in [-0.1, -0.05) is 6.07 Å². The Labute approximate surface area is 100 Å². The maximum Gasteiger partial charge on any atom is 0.125 e. The van der Waals surface area contributed by atoms with Gasteiger partial charge in [0.1, 0.15) is 11.5 Å². The molecular weight excluding hydrogens is 216 g/mol. The molecule has 0 amide bonds. The summed E-state index contributed by atoms with van der Waals surface area (Å²) in [5.74, 6) is 1.72. The maximum absolute atomic E-state index is 5.69. The molecule has 4 nitrogen and oxygen atoms in total. The lowest BCUT2D eigenvalue weighted by Gasteiger charge is -2.09. The maximum atomic E-state index is 5.69. The Bertz CT molecular complexity index is 466.